The van der Waals surface area contributed by atoms with Gasteiger partial charge < -0.3 is 4.90 Å². The van der Waals surface area contributed by atoms with Crippen molar-refractivity contribution >= 4 is 10.2 Å². The lowest BCUT2D eigenvalue weighted by Crippen LogP contribution is -2.61. The molecule has 1 aliphatic rings. The Kier molecular flexibility index (Phi) is 2.68. The molecule has 0 saturated carbocycles. The van der Waals surface area contributed by atoms with Gasteiger partial charge in [0.25, 0.3) is 10.2 Å². The quantitative estimate of drug-likeness (QED) is 0.613. The van der Waals surface area contributed by atoms with Crippen LogP contribution >= 0.6 is 0 Å². The van der Waals surface area contributed by atoms with E-state index in [1.54, 1.807) is 0 Å². The third-order valence-electron chi connectivity index (χ3n) is 2.32. The standard InChI is InChI=1S/C7H17N3O2S/c1-7(2)6-9(3)4-5-10(7)13(8,11)12/h4-6H2,1-3H3,(H2,8,11,12). The fourth-order valence-electron chi connectivity index (χ4n) is 1.85. The van der Waals surface area contributed by atoms with E-state index >= 15 is 0 Å². The van der Waals surface area contributed by atoms with Crippen LogP contribution in [0, 0.1) is 0 Å². The van der Waals surface area contributed by atoms with Crippen LogP contribution in [0.4, 0.5) is 0 Å². The highest BCUT2D eigenvalue weighted by molar-refractivity contribution is 7.86. The van der Waals surface area contributed by atoms with Crippen LogP contribution in [-0.4, -0.2) is 49.8 Å². The van der Waals surface area contributed by atoms with Crippen molar-refractivity contribution in [1.82, 2.24) is 9.21 Å². The van der Waals surface area contributed by atoms with Crippen LogP contribution in [0.1, 0.15) is 13.8 Å². The van der Waals surface area contributed by atoms with E-state index in [4.69, 9.17) is 5.14 Å². The maximum Gasteiger partial charge on any atom is 0.277 e. The van der Waals surface area contributed by atoms with Crippen molar-refractivity contribution in [3.8, 4) is 0 Å². The molecule has 13 heavy (non-hydrogen) atoms. The Morgan fingerprint density at radius 1 is 1.31 bits per heavy atom. The summed E-state index contributed by atoms with van der Waals surface area (Å²) in [5, 5.41) is 5.11. The number of nitrogens with zero attached hydrogens (tertiary/aromatic N) is 2. The largest absolute Gasteiger partial charge is 0.303 e. The van der Waals surface area contributed by atoms with Crippen molar-refractivity contribution in [2.75, 3.05) is 26.7 Å². The predicted molar refractivity (Wildman–Crippen MR) is 51.4 cm³/mol. The first-order chi connectivity index (χ1) is 5.73. The Labute approximate surface area is 79.7 Å². The van der Waals surface area contributed by atoms with Gasteiger partial charge >= 0.3 is 0 Å². The van der Waals surface area contributed by atoms with Crippen molar-refractivity contribution in [2.24, 2.45) is 5.14 Å². The van der Waals surface area contributed by atoms with Crippen molar-refractivity contribution in [2.45, 2.75) is 19.4 Å². The minimum atomic E-state index is -3.55. The smallest absolute Gasteiger partial charge is 0.277 e. The number of rotatable bonds is 1. The van der Waals surface area contributed by atoms with Crippen molar-refractivity contribution in [3.63, 3.8) is 0 Å². The third kappa shape index (κ3) is 2.40. The highest BCUT2D eigenvalue weighted by atomic mass is 32.2. The SMILES string of the molecule is CN1CCN(S(N)(=O)=O)C(C)(C)C1. The zero-order chi connectivity index (χ0) is 10.3. The van der Waals surface area contributed by atoms with E-state index in [0.29, 0.717) is 13.1 Å². The predicted octanol–water partition coefficient (Wildman–Crippen LogP) is -0.784. The van der Waals surface area contributed by atoms with E-state index in [2.05, 4.69) is 4.90 Å². The van der Waals surface area contributed by atoms with Gasteiger partial charge in [-0.25, -0.2) is 5.14 Å². The molecule has 0 aromatic heterocycles. The van der Waals surface area contributed by atoms with Gasteiger partial charge in [0.05, 0.1) is 0 Å². The Bertz CT molecular complexity index is 286. The highest BCUT2D eigenvalue weighted by Crippen LogP contribution is 2.21. The third-order valence-corrected chi connectivity index (χ3v) is 3.62. The molecule has 0 aliphatic carbocycles. The van der Waals surface area contributed by atoms with Crippen LogP contribution in [-0.2, 0) is 10.2 Å². The van der Waals surface area contributed by atoms with Crippen LogP contribution in [0.3, 0.4) is 0 Å². The molecule has 2 N–H and O–H groups in total. The molecule has 1 rings (SSSR count). The van der Waals surface area contributed by atoms with Crippen LogP contribution in [0.25, 0.3) is 0 Å². The van der Waals surface area contributed by atoms with E-state index in [-0.39, 0.29) is 0 Å². The number of hydrogen-bond acceptors (Lipinski definition) is 3. The molecule has 0 amide bonds. The maximum atomic E-state index is 11.2. The molecule has 1 heterocycles. The summed E-state index contributed by atoms with van der Waals surface area (Å²) in [6, 6.07) is 0. The normalized spacial score (nSPS) is 26.2. The Morgan fingerprint density at radius 3 is 2.23 bits per heavy atom. The summed E-state index contributed by atoms with van der Waals surface area (Å²) in [6.45, 7) is 5.69. The summed E-state index contributed by atoms with van der Waals surface area (Å²) < 4.78 is 23.7. The van der Waals surface area contributed by atoms with Crippen LogP contribution in [0.5, 0.6) is 0 Å². The molecule has 0 atom stereocenters. The van der Waals surface area contributed by atoms with Crippen molar-refractivity contribution in [1.29, 1.82) is 0 Å². The first-order valence-electron chi connectivity index (χ1n) is 4.22. The second-order valence-corrected chi connectivity index (χ2v) is 5.64. The maximum absolute atomic E-state index is 11.2. The molecule has 0 unspecified atom stereocenters. The zero-order valence-corrected chi connectivity index (χ0v) is 9.13. The number of nitrogens with two attached hydrogens (primary N) is 1. The fraction of sp³-hybridized carbons (Fsp3) is 1.00. The number of hydrogen-bond donors (Lipinski definition) is 1. The molecule has 5 nitrogen and oxygen atoms in total. The van der Waals surface area contributed by atoms with E-state index in [1.807, 2.05) is 20.9 Å². The summed E-state index contributed by atoms with van der Waals surface area (Å²) in [5.74, 6) is 0. The second-order valence-electron chi connectivity index (χ2n) is 4.17. The van der Waals surface area contributed by atoms with Gasteiger partial charge in [-0.2, -0.15) is 12.7 Å². The fourth-order valence-corrected chi connectivity index (χ4v) is 2.94. The molecule has 1 saturated heterocycles. The Hall–Kier alpha value is -0.170. The molecule has 0 aromatic carbocycles. The molecule has 78 valence electrons. The molecular weight excluding hydrogens is 190 g/mol. The van der Waals surface area contributed by atoms with Gasteiger partial charge in [0.1, 0.15) is 0 Å². The van der Waals surface area contributed by atoms with Gasteiger partial charge in [0, 0.05) is 25.2 Å². The first kappa shape index (κ1) is 10.9. The van der Waals surface area contributed by atoms with Crippen molar-refractivity contribution in [3.05, 3.63) is 0 Å². The lowest BCUT2D eigenvalue weighted by molar-refractivity contribution is 0.1000. The molecular formula is C7H17N3O2S. The van der Waals surface area contributed by atoms with Gasteiger partial charge in [0.2, 0.25) is 0 Å². The van der Waals surface area contributed by atoms with Crippen LogP contribution < -0.4 is 5.14 Å². The average Bonchev–Trinajstić information content (AvgIpc) is 1.79. The molecule has 6 heteroatoms. The molecule has 0 radical (unpaired) electrons. The Morgan fingerprint density at radius 2 is 1.85 bits per heavy atom. The minimum Gasteiger partial charge on any atom is -0.303 e. The minimum absolute atomic E-state index is 0.402. The topological polar surface area (TPSA) is 66.6 Å². The lowest BCUT2D eigenvalue weighted by Gasteiger charge is -2.43. The summed E-state index contributed by atoms with van der Waals surface area (Å²) in [7, 11) is -1.58. The van der Waals surface area contributed by atoms with E-state index < -0.39 is 15.7 Å². The van der Waals surface area contributed by atoms with Crippen LogP contribution in [0.2, 0.25) is 0 Å². The lowest BCUT2D eigenvalue weighted by atomic mass is 10.0. The van der Waals surface area contributed by atoms with Crippen LogP contribution in [0.15, 0.2) is 0 Å². The number of piperazine rings is 1. The van der Waals surface area contributed by atoms with E-state index in [0.717, 1.165) is 6.54 Å². The van der Waals surface area contributed by atoms with Gasteiger partial charge in [-0.1, -0.05) is 0 Å². The molecule has 0 bridgehead atoms. The monoisotopic (exact) mass is 207 g/mol. The van der Waals surface area contributed by atoms with Gasteiger partial charge in [0.15, 0.2) is 0 Å². The first-order valence-corrected chi connectivity index (χ1v) is 5.73. The summed E-state index contributed by atoms with van der Waals surface area (Å²) in [5.41, 5.74) is -0.402. The second kappa shape index (κ2) is 3.20. The molecule has 0 aromatic rings. The zero-order valence-electron chi connectivity index (χ0n) is 8.32. The Balaban J connectivity index is 2.89. The molecule has 1 aliphatic heterocycles. The van der Waals surface area contributed by atoms with Gasteiger partial charge in [-0.3, -0.25) is 0 Å². The van der Waals surface area contributed by atoms with E-state index in [1.165, 1.54) is 4.31 Å². The highest BCUT2D eigenvalue weighted by Gasteiger charge is 2.38. The van der Waals surface area contributed by atoms with Gasteiger partial charge in [-0.05, 0) is 20.9 Å². The van der Waals surface area contributed by atoms with E-state index in [9.17, 15) is 8.42 Å². The van der Waals surface area contributed by atoms with Crippen molar-refractivity contribution < 1.29 is 8.42 Å². The summed E-state index contributed by atoms with van der Waals surface area (Å²) in [4.78, 5) is 2.10. The summed E-state index contributed by atoms with van der Waals surface area (Å²) >= 11 is 0. The average molecular weight is 207 g/mol. The summed E-state index contributed by atoms with van der Waals surface area (Å²) in [6.07, 6.45) is 0. The molecule has 0 spiro atoms. The molecule has 1 fully saturated rings. The number of likely N-dealkylation sites (N-methyl/N-ethyl adjacent to an activating group) is 1. The van der Waals surface area contributed by atoms with Gasteiger partial charge in [-0.15, -0.1) is 0 Å².